The largest absolute Gasteiger partial charge is 0.395 e. The minimum Gasteiger partial charge on any atom is -0.395 e. The lowest BCUT2D eigenvalue weighted by atomic mass is 9.96. The van der Waals surface area contributed by atoms with E-state index in [2.05, 4.69) is 5.32 Å². The van der Waals surface area contributed by atoms with Gasteiger partial charge in [-0.3, -0.25) is 0 Å². The van der Waals surface area contributed by atoms with Gasteiger partial charge in [0.1, 0.15) is 0 Å². The third-order valence-corrected chi connectivity index (χ3v) is 2.15. The van der Waals surface area contributed by atoms with E-state index in [4.69, 9.17) is 5.11 Å². The van der Waals surface area contributed by atoms with Crippen LogP contribution in [-0.4, -0.2) is 24.3 Å². The van der Waals surface area contributed by atoms with Crippen molar-refractivity contribution in [3.63, 3.8) is 0 Å². The summed E-state index contributed by atoms with van der Waals surface area (Å²) >= 11 is 0. The molecule has 1 aliphatic rings. The molecule has 1 aliphatic carbocycles. The molecule has 0 amide bonds. The van der Waals surface area contributed by atoms with Crippen LogP contribution in [0, 0.1) is 0 Å². The van der Waals surface area contributed by atoms with Crippen molar-refractivity contribution >= 4 is 0 Å². The molecular weight excluding hydrogens is 126 g/mol. The molecule has 0 saturated heterocycles. The molecule has 2 nitrogen and oxygen atoms in total. The molecular formula is C8H17NO. The van der Waals surface area contributed by atoms with Crippen molar-refractivity contribution in [2.45, 2.75) is 38.1 Å². The summed E-state index contributed by atoms with van der Waals surface area (Å²) in [4.78, 5) is 0. The van der Waals surface area contributed by atoms with Crippen LogP contribution in [0.4, 0.5) is 0 Å². The molecule has 0 unspecified atom stereocenters. The number of hydrogen-bond donors (Lipinski definition) is 2. The Morgan fingerprint density at radius 2 is 1.90 bits per heavy atom. The second-order valence-corrected chi connectivity index (χ2v) is 3.01. The zero-order valence-corrected chi connectivity index (χ0v) is 6.47. The highest BCUT2D eigenvalue weighted by molar-refractivity contribution is 4.70. The molecule has 0 spiro atoms. The van der Waals surface area contributed by atoms with E-state index in [9.17, 15) is 0 Å². The summed E-state index contributed by atoms with van der Waals surface area (Å²) in [6.07, 6.45) is 6.74. The summed E-state index contributed by atoms with van der Waals surface area (Å²) in [5.41, 5.74) is 0. The third-order valence-electron chi connectivity index (χ3n) is 2.15. The molecule has 2 N–H and O–H groups in total. The summed E-state index contributed by atoms with van der Waals surface area (Å²) in [5, 5.41) is 11.9. The third kappa shape index (κ3) is 2.67. The molecule has 0 atom stereocenters. The van der Waals surface area contributed by atoms with Gasteiger partial charge in [0.2, 0.25) is 0 Å². The Kier molecular flexibility index (Phi) is 3.76. The van der Waals surface area contributed by atoms with Crippen LogP contribution in [-0.2, 0) is 0 Å². The first-order valence-electron chi connectivity index (χ1n) is 4.27. The molecule has 60 valence electrons. The second-order valence-electron chi connectivity index (χ2n) is 3.01. The molecule has 0 radical (unpaired) electrons. The van der Waals surface area contributed by atoms with Crippen LogP contribution < -0.4 is 5.32 Å². The average molecular weight is 143 g/mol. The molecule has 0 bridgehead atoms. The highest BCUT2D eigenvalue weighted by Crippen LogP contribution is 2.16. The fourth-order valence-corrected chi connectivity index (χ4v) is 1.58. The monoisotopic (exact) mass is 143 g/mol. The van der Waals surface area contributed by atoms with E-state index in [1.807, 2.05) is 0 Å². The van der Waals surface area contributed by atoms with Crippen LogP contribution >= 0.6 is 0 Å². The topological polar surface area (TPSA) is 32.3 Å². The lowest BCUT2D eigenvalue weighted by molar-refractivity contribution is 0.271. The molecule has 2 heteroatoms. The maximum Gasteiger partial charge on any atom is 0.0556 e. The highest BCUT2D eigenvalue weighted by Gasteiger charge is 2.10. The van der Waals surface area contributed by atoms with Crippen molar-refractivity contribution in [2.75, 3.05) is 13.2 Å². The van der Waals surface area contributed by atoms with Crippen molar-refractivity contribution in [3.05, 3.63) is 0 Å². The molecule has 1 rings (SSSR count). The zero-order chi connectivity index (χ0) is 7.23. The second kappa shape index (κ2) is 4.69. The van der Waals surface area contributed by atoms with Gasteiger partial charge in [-0.05, 0) is 12.8 Å². The molecule has 10 heavy (non-hydrogen) atoms. The van der Waals surface area contributed by atoms with Crippen molar-refractivity contribution in [3.8, 4) is 0 Å². The Labute approximate surface area is 62.6 Å². The number of hydrogen-bond acceptors (Lipinski definition) is 2. The summed E-state index contributed by atoms with van der Waals surface area (Å²) in [6, 6.07) is 0.695. The van der Waals surface area contributed by atoms with E-state index in [-0.39, 0.29) is 6.61 Å². The summed E-state index contributed by atoms with van der Waals surface area (Å²) in [7, 11) is 0. The minimum absolute atomic E-state index is 0.274. The predicted octanol–water partition coefficient (Wildman–Crippen LogP) is 0.901. The van der Waals surface area contributed by atoms with Gasteiger partial charge in [0, 0.05) is 12.6 Å². The fourth-order valence-electron chi connectivity index (χ4n) is 1.58. The van der Waals surface area contributed by atoms with Gasteiger partial charge in [-0.2, -0.15) is 0 Å². The van der Waals surface area contributed by atoms with E-state index < -0.39 is 0 Å². The van der Waals surface area contributed by atoms with Gasteiger partial charge in [-0.25, -0.2) is 0 Å². The maximum atomic E-state index is 8.53. The van der Waals surface area contributed by atoms with Crippen LogP contribution in [0.3, 0.4) is 0 Å². The Morgan fingerprint density at radius 1 is 1.20 bits per heavy atom. The number of nitrogens with one attached hydrogen (secondary N) is 1. The highest BCUT2D eigenvalue weighted by atomic mass is 16.3. The van der Waals surface area contributed by atoms with Crippen LogP contribution in [0.15, 0.2) is 0 Å². The fraction of sp³-hybridized carbons (Fsp3) is 1.00. The van der Waals surface area contributed by atoms with Crippen LogP contribution in [0.2, 0.25) is 0 Å². The van der Waals surface area contributed by atoms with Gasteiger partial charge in [-0.15, -0.1) is 0 Å². The van der Waals surface area contributed by atoms with Gasteiger partial charge in [0.25, 0.3) is 0 Å². The van der Waals surface area contributed by atoms with E-state index >= 15 is 0 Å². The van der Waals surface area contributed by atoms with Gasteiger partial charge >= 0.3 is 0 Å². The first-order valence-corrected chi connectivity index (χ1v) is 4.27. The minimum atomic E-state index is 0.274. The summed E-state index contributed by atoms with van der Waals surface area (Å²) < 4.78 is 0. The lowest BCUT2D eigenvalue weighted by Gasteiger charge is -2.22. The molecule has 0 aromatic carbocycles. The number of rotatable bonds is 3. The van der Waals surface area contributed by atoms with E-state index in [0.29, 0.717) is 6.04 Å². The summed E-state index contributed by atoms with van der Waals surface area (Å²) in [5.74, 6) is 0. The zero-order valence-electron chi connectivity index (χ0n) is 6.47. The van der Waals surface area contributed by atoms with Crippen LogP contribution in [0.5, 0.6) is 0 Å². The van der Waals surface area contributed by atoms with Gasteiger partial charge in [0.05, 0.1) is 6.61 Å². The Hall–Kier alpha value is -0.0800. The van der Waals surface area contributed by atoms with Crippen molar-refractivity contribution in [1.82, 2.24) is 5.32 Å². The molecule has 0 aliphatic heterocycles. The Balaban J connectivity index is 2.02. The van der Waals surface area contributed by atoms with E-state index in [1.54, 1.807) is 0 Å². The van der Waals surface area contributed by atoms with Gasteiger partial charge in [-0.1, -0.05) is 19.3 Å². The average Bonchev–Trinajstić information content (AvgIpc) is 2.03. The molecule has 0 aromatic heterocycles. The van der Waals surface area contributed by atoms with Crippen molar-refractivity contribution < 1.29 is 5.11 Å². The molecule has 0 heterocycles. The molecule has 1 saturated carbocycles. The SMILES string of the molecule is OCCNC1CCCCC1. The molecule has 0 aromatic rings. The summed E-state index contributed by atoms with van der Waals surface area (Å²) in [6.45, 7) is 1.04. The van der Waals surface area contributed by atoms with Gasteiger partial charge in [0.15, 0.2) is 0 Å². The quantitative estimate of drug-likeness (QED) is 0.615. The normalized spacial score (nSPS) is 21.3. The van der Waals surface area contributed by atoms with E-state index in [1.165, 1.54) is 32.1 Å². The van der Waals surface area contributed by atoms with Crippen LogP contribution in [0.1, 0.15) is 32.1 Å². The number of aliphatic hydroxyl groups is 1. The van der Waals surface area contributed by atoms with E-state index in [0.717, 1.165) is 6.54 Å². The smallest absolute Gasteiger partial charge is 0.0556 e. The Bertz CT molecular complexity index is 79.3. The lowest BCUT2D eigenvalue weighted by Crippen LogP contribution is -2.32. The predicted molar refractivity (Wildman–Crippen MR) is 42.0 cm³/mol. The molecule has 1 fully saturated rings. The van der Waals surface area contributed by atoms with Crippen LogP contribution in [0.25, 0.3) is 0 Å². The standard InChI is InChI=1S/C8H17NO/c10-7-6-9-8-4-2-1-3-5-8/h8-10H,1-7H2. The maximum absolute atomic E-state index is 8.53. The van der Waals surface area contributed by atoms with Crippen molar-refractivity contribution in [2.24, 2.45) is 0 Å². The Morgan fingerprint density at radius 3 is 2.50 bits per heavy atom. The first-order chi connectivity index (χ1) is 4.93. The van der Waals surface area contributed by atoms with Gasteiger partial charge < -0.3 is 10.4 Å². The first kappa shape index (κ1) is 8.02. The van der Waals surface area contributed by atoms with Crippen molar-refractivity contribution in [1.29, 1.82) is 0 Å². The number of aliphatic hydroxyl groups excluding tert-OH is 1.